The van der Waals surface area contributed by atoms with E-state index in [1.807, 2.05) is 18.2 Å². The van der Waals surface area contributed by atoms with Crippen molar-refractivity contribution >= 4 is 54.9 Å². The van der Waals surface area contributed by atoms with Crippen molar-refractivity contribution in [3.05, 3.63) is 244 Å². The highest BCUT2D eigenvalue weighted by atomic mass is 16.1. The number of hydrogen-bond acceptors (Lipinski definition) is 1. The number of hydrogen-bond donors (Lipinski definition) is 0. The average molecular weight is 1160 g/mol. The fourth-order valence-electron chi connectivity index (χ4n) is 10.3. The van der Waals surface area contributed by atoms with Crippen molar-refractivity contribution in [1.29, 1.82) is 0 Å². The molecule has 0 aliphatic heterocycles. The minimum atomic E-state index is -0.000933. The van der Waals surface area contributed by atoms with Crippen molar-refractivity contribution in [3.8, 4) is 23.7 Å². The van der Waals surface area contributed by atoms with Crippen molar-refractivity contribution in [2.75, 3.05) is 0 Å². The fraction of sp³-hybridized carbons (Fsp3) is 0.368. The molecular weight excluding hydrogens is 1060 g/mol. The number of carbonyl (C=O) groups is 1. The van der Waals surface area contributed by atoms with Gasteiger partial charge in [0.2, 0.25) is 0 Å². The Morgan fingerprint density at radius 2 is 0.341 bits per heavy atom. The zero-order valence-electron chi connectivity index (χ0n) is 58.2. The first kappa shape index (κ1) is 67.8. The van der Waals surface area contributed by atoms with Gasteiger partial charge in [0.1, 0.15) is 6.29 Å². The molecule has 0 aliphatic carbocycles. The zero-order chi connectivity index (χ0) is 65.2. The van der Waals surface area contributed by atoms with Gasteiger partial charge in [-0.3, -0.25) is 4.79 Å². The number of carbonyl (C=O) groups excluding carboxylic acids is 1. The summed E-state index contributed by atoms with van der Waals surface area (Å²) in [4.78, 5) is 12.7. The molecule has 0 aromatic heterocycles. The lowest BCUT2D eigenvalue weighted by molar-refractivity contribution is 0.112. The molecule has 7 aromatic rings. The Morgan fingerprint density at radius 3 is 0.500 bits per heavy atom. The summed E-state index contributed by atoms with van der Waals surface area (Å²) in [5.74, 6) is 14.0. The molecule has 456 valence electrons. The van der Waals surface area contributed by atoms with E-state index < -0.39 is 0 Å². The van der Waals surface area contributed by atoms with Gasteiger partial charge in [0, 0.05) is 27.8 Å². The topological polar surface area (TPSA) is 17.1 Å². The molecule has 1 heteroatoms. The van der Waals surface area contributed by atoms with Gasteiger partial charge < -0.3 is 0 Å². The quantitative estimate of drug-likeness (QED) is 0.0800. The van der Waals surface area contributed by atoms with Crippen LogP contribution < -0.4 is 0 Å². The number of aldehydes is 1. The summed E-state index contributed by atoms with van der Waals surface area (Å²) in [6, 6.07) is 46.8. The lowest BCUT2D eigenvalue weighted by Crippen LogP contribution is -2.16. The summed E-state index contributed by atoms with van der Waals surface area (Å²) in [6.07, 6.45) is 18.7. The van der Waals surface area contributed by atoms with Gasteiger partial charge in [-0.1, -0.05) is 311 Å². The maximum Gasteiger partial charge on any atom is 0.150 e. The van der Waals surface area contributed by atoms with Crippen LogP contribution in [0.25, 0.3) is 48.6 Å². The Labute approximate surface area is 534 Å². The van der Waals surface area contributed by atoms with Crippen LogP contribution in [0.3, 0.4) is 0 Å². The van der Waals surface area contributed by atoms with Crippen LogP contribution in [0.2, 0.25) is 0 Å². The minimum absolute atomic E-state index is 0.000933. The predicted molar refractivity (Wildman–Crippen MR) is 388 cm³/mol. The van der Waals surface area contributed by atoms with Crippen LogP contribution in [0.1, 0.15) is 288 Å². The third-order valence-electron chi connectivity index (χ3n) is 16.4. The maximum atomic E-state index is 12.7. The van der Waals surface area contributed by atoms with E-state index in [1.165, 1.54) is 66.8 Å². The summed E-state index contributed by atoms with van der Waals surface area (Å²) in [6.45, 7) is 54.8. The average Bonchev–Trinajstić information content (AvgIpc) is 3.32. The van der Waals surface area contributed by atoms with E-state index in [9.17, 15) is 4.79 Å². The van der Waals surface area contributed by atoms with Gasteiger partial charge >= 0.3 is 0 Å². The van der Waals surface area contributed by atoms with Crippen molar-refractivity contribution in [1.82, 2.24) is 0 Å². The highest BCUT2D eigenvalue weighted by Crippen LogP contribution is 2.36. The summed E-state index contributed by atoms with van der Waals surface area (Å²) in [5, 5.41) is 0. The minimum Gasteiger partial charge on any atom is -0.298 e. The molecule has 0 N–H and O–H groups in total. The molecule has 0 radical (unpaired) electrons. The van der Waals surface area contributed by atoms with E-state index in [2.05, 4.69) is 348 Å². The molecule has 0 bridgehead atoms. The largest absolute Gasteiger partial charge is 0.298 e. The molecule has 0 amide bonds. The Balaban J connectivity index is 1.33. The highest BCUT2D eigenvalue weighted by molar-refractivity contribution is 5.80. The van der Waals surface area contributed by atoms with Crippen LogP contribution in [0.5, 0.6) is 0 Å². The fourth-order valence-corrected chi connectivity index (χ4v) is 10.3. The van der Waals surface area contributed by atoms with Gasteiger partial charge in [-0.25, -0.2) is 0 Å². The van der Waals surface area contributed by atoms with E-state index >= 15 is 0 Å². The maximum absolute atomic E-state index is 12.7. The van der Waals surface area contributed by atoms with Gasteiger partial charge in [0.05, 0.1) is 0 Å². The summed E-state index contributed by atoms with van der Waals surface area (Å²) >= 11 is 0. The summed E-state index contributed by atoms with van der Waals surface area (Å²) < 4.78 is 0. The van der Waals surface area contributed by atoms with Crippen molar-refractivity contribution in [3.63, 3.8) is 0 Å². The lowest BCUT2D eigenvalue weighted by Gasteiger charge is -2.25. The Bertz CT molecular complexity index is 3380. The molecular formula is C87H102O. The Hall–Kier alpha value is -7.71. The first-order valence-corrected chi connectivity index (χ1v) is 31.8. The standard InChI is InChI=1S/C87H102O/c1-80(2,3)72-46-67(47-73(54-72)81(4,5)6)33-29-61-37-59(38-62(41-61)30-34-68-48-74(82(7,8)9)55-75(49-68)83(10,11)12)25-27-65-43-66(45-71(44-65)58-88)28-26-60-39-63(31-35-69-50-76(84(13,14)15)56-77(51-69)85(16,17)18)42-64(40-60)32-36-70-52-78(86(19,20)21)57-79(53-70)87(22,23)24/h29-58H,1-24H3/b33-29+,34-30+,35-31+,36-32+. The summed E-state index contributed by atoms with van der Waals surface area (Å²) in [5.41, 5.74) is 23.1. The normalized spacial score (nSPS) is 13.1. The molecule has 0 aliphatic rings. The van der Waals surface area contributed by atoms with Crippen molar-refractivity contribution in [2.24, 2.45) is 0 Å². The first-order chi connectivity index (χ1) is 40.5. The molecule has 0 saturated heterocycles. The molecule has 88 heavy (non-hydrogen) atoms. The third-order valence-corrected chi connectivity index (χ3v) is 16.4. The van der Waals surface area contributed by atoms with Gasteiger partial charge in [-0.15, -0.1) is 0 Å². The van der Waals surface area contributed by atoms with E-state index in [0.717, 1.165) is 39.7 Å². The van der Waals surface area contributed by atoms with Crippen LogP contribution in [0.4, 0.5) is 0 Å². The molecule has 7 aromatic carbocycles. The van der Waals surface area contributed by atoms with Crippen LogP contribution in [0.15, 0.2) is 127 Å². The molecule has 0 spiro atoms. The Kier molecular flexibility index (Phi) is 19.9. The van der Waals surface area contributed by atoms with Gasteiger partial charge in [-0.05, 0) is 187 Å². The van der Waals surface area contributed by atoms with Crippen molar-refractivity contribution in [2.45, 2.75) is 209 Å². The molecule has 1 nitrogen and oxygen atoms in total. The van der Waals surface area contributed by atoms with Crippen LogP contribution in [0, 0.1) is 23.7 Å². The number of benzene rings is 7. The third kappa shape index (κ3) is 19.1. The Morgan fingerprint density at radius 1 is 0.193 bits per heavy atom. The monoisotopic (exact) mass is 1160 g/mol. The van der Waals surface area contributed by atoms with Gasteiger partial charge in [0.15, 0.2) is 0 Å². The molecule has 0 unspecified atom stereocenters. The van der Waals surface area contributed by atoms with Gasteiger partial charge in [0.25, 0.3) is 0 Å². The second kappa shape index (κ2) is 25.8. The molecule has 7 rings (SSSR count). The molecule has 0 saturated carbocycles. The van der Waals surface area contributed by atoms with Crippen molar-refractivity contribution < 1.29 is 4.79 Å². The second-order valence-electron chi connectivity index (χ2n) is 32.9. The SMILES string of the molecule is CC(C)(C)c1cc(/C=C/c2cc(C#Cc3cc(C#Cc4cc(/C=C/c5cc(C(C)(C)C)cc(C(C)(C)C)c5)cc(/C=C/c5cc(C(C)(C)C)cc(C(C)(C)C)c5)c4)cc(C=O)c3)cc(/C=C/c3cc(C(C)(C)C)cc(C(C)(C)C)c3)c2)cc(C(C)(C)C)c1. The predicted octanol–water partition coefficient (Wildman–Crippen LogP) is 23.4. The molecule has 0 heterocycles. The van der Waals surface area contributed by atoms with E-state index in [1.54, 1.807) is 0 Å². The van der Waals surface area contributed by atoms with E-state index in [0.29, 0.717) is 16.7 Å². The second-order valence-corrected chi connectivity index (χ2v) is 32.9. The van der Waals surface area contributed by atoms with Gasteiger partial charge in [-0.2, -0.15) is 0 Å². The van der Waals surface area contributed by atoms with E-state index in [-0.39, 0.29) is 43.3 Å². The van der Waals surface area contributed by atoms with Crippen LogP contribution in [-0.2, 0) is 43.3 Å². The smallest absolute Gasteiger partial charge is 0.150 e. The summed E-state index contributed by atoms with van der Waals surface area (Å²) in [7, 11) is 0. The van der Waals surface area contributed by atoms with Crippen LogP contribution >= 0.6 is 0 Å². The molecule has 0 atom stereocenters. The zero-order valence-corrected chi connectivity index (χ0v) is 58.2. The highest BCUT2D eigenvalue weighted by Gasteiger charge is 2.24. The van der Waals surface area contributed by atoms with E-state index in [4.69, 9.17) is 0 Å². The molecule has 0 fully saturated rings. The first-order valence-electron chi connectivity index (χ1n) is 31.8. The van der Waals surface area contributed by atoms with Crippen LogP contribution in [-0.4, -0.2) is 6.29 Å². The number of rotatable bonds is 9. The lowest BCUT2D eigenvalue weighted by atomic mass is 9.79.